The lowest BCUT2D eigenvalue weighted by Crippen LogP contribution is -2.35. The van der Waals surface area contributed by atoms with E-state index in [0.717, 1.165) is 0 Å². The van der Waals surface area contributed by atoms with Crippen LogP contribution in [0.5, 0.6) is 0 Å². The van der Waals surface area contributed by atoms with Crippen LogP contribution in [-0.4, -0.2) is 48.5 Å². The second-order valence-corrected chi connectivity index (χ2v) is 5.00. The molecule has 0 atom stereocenters. The summed E-state index contributed by atoms with van der Waals surface area (Å²) in [6.45, 7) is 6.44. The van der Waals surface area contributed by atoms with Crippen molar-refractivity contribution in [3.05, 3.63) is 0 Å². The van der Waals surface area contributed by atoms with Crippen molar-refractivity contribution in [2.75, 3.05) is 26.0 Å². The van der Waals surface area contributed by atoms with Gasteiger partial charge in [-0.3, -0.25) is 4.79 Å². The molecule has 0 bridgehead atoms. The van der Waals surface area contributed by atoms with Gasteiger partial charge in [0.05, 0.1) is 0 Å². The average Bonchev–Trinajstić information content (AvgIpc) is 2.20. The van der Waals surface area contributed by atoms with E-state index in [9.17, 15) is 9.59 Å². The highest BCUT2D eigenvalue weighted by Crippen LogP contribution is 2.06. The van der Waals surface area contributed by atoms with Crippen LogP contribution in [0.4, 0.5) is 4.79 Å². The quantitative estimate of drug-likeness (QED) is 0.606. The van der Waals surface area contributed by atoms with E-state index in [0.29, 0.717) is 19.5 Å². The minimum absolute atomic E-state index is 0.0179. The maximum absolute atomic E-state index is 11.3. The van der Waals surface area contributed by atoms with E-state index in [1.807, 2.05) is 0 Å². The van der Waals surface area contributed by atoms with E-state index < -0.39 is 11.7 Å². The molecule has 0 aliphatic heterocycles. The molecule has 1 N–H and O–H groups in total. The highest BCUT2D eigenvalue weighted by atomic mass is 35.5. The molecule has 5 nitrogen and oxygen atoms in total. The Hall–Kier alpha value is -0.970. The van der Waals surface area contributed by atoms with Gasteiger partial charge in [-0.25, -0.2) is 4.79 Å². The van der Waals surface area contributed by atoms with Crippen molar-refractivity contribution in [3.63, 3.8) is 0 Å². The fourth-order valence-corrected chi connectivity index (χ4v) is 1.25. The van der Waals surface area contributed by atoms with Crippen molar-refractivity contribution in [3.8, 4) is 0 Å². The molecule has 0 aliphatic carbocycles. The number of alkyl carbamates (subject to hydrolysis) is 1. The molecule has 6 heteroatoms. The van der Waals surface area contributed by atoms with Gasteiger partial charge in [-0.05, 0) is 27.2 Å². The number of alkyl halides is 1. The minimum Gasteiger partial charge on any atom is -0.444 e. The fraction of sp³-hybridized carbons (Fsp3) is 0.818. The Morgan fingerprint density at radius 2 is 1.94 bits per heavy atom. The lowest BCUT2D eigenvalue weighted by molar-refractivity contribution is -0.127. The highest BCUT2D eigenvalue weighted by molar-refractivity contribution is 6.27. The molecule has 0 aromatic rings. The molecule has 17 heavy (non-hydrogen) atoms. The first-order valence-electron chi connectivity index (χ1n) is 5.53. The number of amides is 2. The maximum atomic E-state index is 11.3. The molecule has 0 saturated heterocycles. The second kappa shape index (κ2) is 7.37. The van der Waals surface area contributed by atoms with Crippen LogP contribution in [0.3, 0.4) is 0 Å². The SMILES string of the molecule is CN(CCCNC(=O)OC(C)(C)C)C(=O)CCl. The van der Waals surface area contributed by atoms with Gasteiger partial charge in [-0.15, -0.1) is 11.6 Å². The Kier molecular flexibility index (Phi) is 6.95. The first-order chi connectivity index (χ1) is 7.76. The second-order valence-electron chi connectivity index (χ2n) is 4.73. The van der Waals surface area contributed by atoms with Crippen LogP contribution in [0, 0.1) is 0 Å². The van der Waals surface area contributed by atoms with Crippen LogP contribution < -0.4 is 5.32 Å². The number of hydrogen-bond donors (Lipinski definition) is 1. The molecule has 0 heterocycles. The fourth-order valence-electron chi connectivity index (χ4n) is 1.05. The molecular formula is C11H21ClN2O3. The Bertz CT molecular complexity index is 264. The van der Waals surface area contributed by atoms with Crippen molar-refractivity contribution in [2.24, 2.45) is 0 Å². The summed E-state index contributed by atoms with van der Waals surface area (Å²) in [6.07, 6.45) is 0.224. The molecular weight excluding hydrogens is 244 g/mol. The largest absolute Gasteiger partial charge is 0.444 e. The van der Waals surface area contributed by atoms with Crippen LogP contribution in [0.1, 0.15) is 27.2 Å². The molecule has 0 saturated carbocycles. The number of nitrogens with zero attached hydrogens (tertiary/aromatic N) is 1. The zero-order chi connectivity index (χ0) is 13.5. The summed E-state index contributed by atoms with van der Waals surface area (Å²) in [5, 5.41) is 2.62. The third-order valence-electron chi connectivity index (χ3n) is 1.88. The molecule has 2 amide bonds. The minimum atomic E-state index is -0.491. The summed E-state index contributed by atoms with van der Waals surface area (Å²) >= 11 is 5.40. The van der Waals surface area contributed by atoms with Gasteiger partial charge in [0.1, 0.15) is 11.5 Å². The summed E-state index contributed by atoms with van der Waals surface area (Å²) in [5.41, 5.74) is -0.491. The van der Waals surface area contributed by atoms with Crippen LogP contribution in [0.25, 0.3) is 0 Å². The number of rotatable bonds is 5. The van der Waals surface area contributed by atoms with Crippen LogP contribution >= 0.6 is 11.6 Å². The monoisotopic (exact) mass is 264 g/mol. The third-order valence-corrected chi connectivity index (χ3v) is 2.11. The molecule has 0 aromatic heterocycles. The maximum Gasteiger partial charge on any atom is 0.407 e. The van der Waals surface area contributed by atoms with Gasteiger partial charge < -0.3 is 15.0 Å². The summed E-state index contributed by atoms with van der Waals surface area (Å²) < 4.78 is 5.06. The molecule has 0 unspecified atom stereocenters. The smallest absolute Gasteiger partial charge is 0.407 e. The summed E-state index contributed by atoms with van der Waals surface area (Å²) in [5.74, 6) is -0.139. The topological polar surface area (TPSA) is 58.6 Å². The van der Waals surface area contributed by atoms with Crippen molar-refractivity contribution in [1.29, 1.82) is 0 Å². The van der Waals surface area contributed by atoms with E-state index in [2.05, 4.69) is 5.32 Å². The molecule has 0 aliphatic rings. The van der Waals surface area contributed by atoms with E-state index in [4.69, 9.17) is 16.3 Å². The Balaban J connectivity index is 3.65. The summed E-state index contributed by atoms with van der Waals surface area (Å²) in [7, 11) is 1.68. The Labute approximate surface area is 107 Å². The van der Waals surface area contributed by atoms with Crippen molar-refractivity contribution in [1.82, 2.24) is 10.2 Å². The lowest BCUT2D eigenvalue weighted by atomic mass is 10.2. The number of nitrogens with one attached hydrogen (secondary N) is 1. The molecule has 100 valence electrons. The van der Waals surface area contributed by atoms with E-state index >= 15 is 0 Å². The van der Waals surface area contributed by atoms with Gasteiger partial charge in [0, 0.05) is 20.1 Å². The van der Waals surface area contributed by atoms with Crippen molar-refractivity contribution in [2.45, 2.75) is 32.8 Å². The first-order valence-corrected chi connectivity index (χ1v) is 6.06. The Morgan fingerprint density at radius 1 is 1.35 bits per heavy atom. The Morgan fingerprint density at radius 3 is 2.41 bits per heavy atom. The van der Waals surface area contributed by atoms with E-state index in [1.165, 1.54) is 4.90 Å². The predicted octanol–water partition coefficient (Wildman–Crippen LogP) is 1.60. The van der Waals surface area contributed by atoms with Gasteiger partial charge in [0.2, 0.25) is 5.91 Å². The number of carbonyl (C=O) groups is 2. The van der Waals surface area contributed by atoms with Crippen LogP contribution in [-0.2, 0) is 9.53 Å². The van der Waals surface area contributed by atoms with Crippen LogP contribution in [0.2, 0.25) is 0 Å². The average molecular weight is 265 g/mol. The van der Waals surface area contributed by atoms with Crippen molar-refractivity contribution >= 4 is 23.6 Å². The predicted molar refractivity (Wildman–Crippen MR) is 67.2 cm³/mol. The molecule has 0 radical (unpaired) electrons. The van der Waals surface area contributed by atoms with E-state index in [1.54, 1.807) is 27.8 Å². The third kappa shape index (κ3) is 8.80. The first kappa shape index (κ1) is 16.0. The van der Waals surface area contributed by atoms with Gasteiger partial charge in [-0.1, -0.05) is 0 Å². The zero-order valence-corrected chi connectivity index (χ0v) is 11.6. The summed E-state index contributed by atoms with van der Waals surface area (Å²) in [6, 6.07) is 0. The lowest BCUT2D eigenvalue weighted by Gasteiger charge is -2.20. The van der Waals surface area contributed by atoms with Crippen molar-refractivity contribution < 1.29 is 14.3 Å². The molecule has 0 aromatic carbocycles. The molecule has 0 rings (SSSR count). The van der Waals surface area contributed by atoms with E-state index in [-0.39, 0.29) is 11.8 Å². The number of ether oxygens (including phenoxy) is 1. The number of halogens is 1. The molecule has 0 spiro atoms. The van der Waals surface area contributed by atoms with Gasteiger partial charge >= 0.3 is 6.09 Å². The molecule has 0 fully saturated rings. The number of hydrogen-bond acceptors (Lipinski definition) is 3. The normalized spacial score (nSPS) is 10.9. The van der Waals surface area contributed by atoms with Gasteiger partial charge in [0.15, 0.2) is 0 Å². The van der Waals surface area contributed by atoms with Crippen LogP contribution in [0.15, 0.2) is 0 Å². The summed E-state index contributed by atoms with van der Waals surface area (Å²) in [4.78, 5) is 23.9. The van der Waals surface area contributed by atoms with Gasteiger partial charge in [0.25, 0.3) is 0 Å². The zero-order valence-electron chi connectivity index (χ0n) is 10.9. The van der Waals surface area contributed by atoms with Gasteiger partial charge in [-0.2, -0.15) is 0 Å². The number of carbonyl (C=O) groups excluding carboxylic acids is 2. The standard InChI is InChI=1S/C11H21ClN2O3/c1-11(2,3)17-10(16)13-6-5-7-14(4)9(15)8-12/h5-8H2,1-4H3,(H,13,16). The highest BCUT2D eigenvalue weighted by Gasteiger charge is 2.15.